The maximum Gasteiger partial charge on any atom is 0.325 e. The minimum Gasteiger partial charge on any atom is -0.489 e. The largest absolute Gasteiger partial charge is 0.489 e. The van der Waals surface area contributed by atoms with E-state index in [9.17, 15) is 23.9 Å². The minimum absolute atomic E-state index is 0.0851. The summed E-state index contributed by atoms with van der Waals surface area (Å²) >= 11 is 0. The van der Waals surface area contributed by atoms with Crippen LogP contribution in [0.5, 0.6) is 5.75 Å². The van der Waals surface area contributed by atoms with E-state index in [1.165, 1.54) is 0 Å². The van der Waals surface area contributed by atoms with Crippen LogP contribution < -0.4 is 20.5 Å². The summed E-state index contributed by atoms with van der Waals surface area (Å²) in [6, 6.07) is 7.77. The summed E-state index contributed by atoms with van der Waals surface area (Å²) in [5.74, 6) is 0.0851. The average molecular weight is 405 g/mol. The maximum atomic E-state index is 12.1. The van der Waals surface area contributed by atoms with E-state index in [1.807, 2.05) is 43.0 Å². The van der Waals surface area contributed by atoms with Crippen molar-refractivity contribution in [3.8, 4) is 5.75 Å². The first-order valence-corrected chi connectivity index (χ1v) is 11.0. The first-order valence-electron chi connectivity index (χ1n) is 9.18. The van der Waals surface area contributed by atoms with Gasteiger partial charge in [0.05, 0.1) is 18.3 Å². The number of para-hydroxylation sites is 1. The number of fused-ring (bicyclic) bond motifs is 1. The van der Waals surface area contributed by atoms with Gasteiger partial charge in [-0.05, 0) is 31.1 Å². The number of hydrogen-bond acceptors (Lipinski definition) is 5. The fourth-order valence-corrected chi connectivity index (χ4v) is 4.27. The van der Waals surface area contributed by atoms with Crippen LogP contribution in [0.1, 0.15) is 38.3 Å². The third-order valence-electron chi connectivity index (χ3n) is 5.10. The predicted octanol–water partition coefficient (Wildman–Crippen LogP) is 2.39. The molecule has 0 saturated heterocycles. The number of anilines is 1. The Labute approximate surface area is 163 Å². The zero-order chi connectivity index (χ0) is 20.7. The topological polar surface area (TPSA) is 104 Å². The van der Waals surface area contributed by atoms with Gasteiger partial charge in [0, 0.05) is 23.3 Å². The van der Waals surface area contributed by atoms with Gasteiger partial charge in [0.1, 0.15) is 0 Å². The van der Waals surface area contributed by atoms with Gasteiger partial charge in [-0.3, -0.25) is 14.2 Å². The van der Waals surface area contributed by atoms with Gasteiger partial charge in [-0.2, -0.15) is 0 Å². The fraction of sp³-hybridized carbons (Fsp3) is 0.400. The van der Waals surface area contributed by atoms with Gasteiger partial charge in [-0.15, -0.1) is 0 Å². The Hall–Kier alpha value is -2.21. The van der Waals surface area contributed by atoms with Crippen molar-refractivity contribution >= 4 is 19.4 Å². The first-order chi connectivity index (χ1) is 13.1. The highest BCUT2D eigenvalue weighted by atomic mass is 31.2. The Morgan fingerprint density at radius 3 is 2.50 bits per heavy atom. The summed E-state index contributed by atoms with van der Waals surface area (Å²) < 4.78 is 16.6. The van der Waals surface area contributed by atoms with Crippen molar-refractivity contribution < 1.29 is 19.1 Å². The van der Waals surface area contributed by atoms with Crippen molar-refractivity contribution in [2.75, 3.05) is 24.2 Å². The summed E-state index contributed by atoms with van der Waals surface area (Å²) in [5, 5.41) is 0. The van der Waals surface area contributed by atoms with Crippen LogP contribution in [0.2, 0.25) is 0 Å². The Kier molecular flexibility index (Phi) is 5.36. The van der Waals surface area contributed by atoms with Crippen LogP contribution in [-0.2, 0) is 9.98 Å². The third kappa shape index (κ3) is 3.58. The minimum atomic E-state index is -4.09. The van der Waals surface area contributed by atoms with Crippen molar-refractivity contribution in [3.63, 3.8) is 0 Å². The van der Waals surface area contributed by atoms with Crippen molar-refractivity contribution in [2.45, 2.75) is 32.6 Å². The molecule has 0 unspecified atom stereocenters. The quantitative estimate of drug-likeness (QED) is 0.538. The molecule has 0 radical (unpaired) electrons. The van der Waals surface area contributed by atoms with E-state index in [1.54, 1.807) is 13.0 Å². The summed E-state index contributed by atoms with van der Waals surface area (Å²) in [4.78, 5) is 44.3. The molecule has 7 nitrogen and oxygen atoms in total. The van der Waals surface area contributed by atoms with Crippen LogP contribution in [0.3, 0.4) is 0 Å². The van der Waals surface area contributed by atoms with Crippen LogP contribution in [-0.4, -0.2) is 29.1 Å². The van der Waals surface area contributed by atoms with E-state index in [0.29, 0.717) is 6.54 Å². The monoisotopic (exact) mass is 405 g/mol. The molecule has 28 heavy (non-hydrogen) atoms. The normalized spacial score (nSPS) is 17.3. The van der Waals surface area contributed by atoms with Gasteiger partial charge in [0.25, 0.3) is 5.43 Å². The molecule has 2 aromatic carbocycles. The van der Waals surface area contributed by atoms with Crippen LogP contribution in [0.15, 0.2) is 39.6 Å². The predicted molar refractivity (Wildman–Crippen MR) is 109 cm³/mol. The third-order valence-corrected chi connectivity index (χ3v) is 6.00. The van der Waals surface area contributed by atoms with E-state index in [0.717, 1.165) is 16.9 Å². The molecule has 150 valence electrons. The van der Waals surface area contributed by atoms with Gasteiger partial charge in [0.15, 0.2) is 5.75 Å². The molecule has 0 aromatic heterocycles. The highest BCUT2D eigenvalue weighted by Crippen LogP contribution is 2.48. The Balaban J connectivity index is 2.04. The molecular weight excluding hydrogens is 381 g/mol. The Morgan fingerprint density at radius 1 is 1.18 bits per heavy atom. The van der Waals surface area contributed by atoms with Gasteiger partial charge < -0.3 is 19.4 Å². The number of nitrogens with zero attached hydrogens (tertiary/aromatic N) is 1. The molecule has 3 rings (SSSR count). The second-order valence-corrected chi connectivity index (χ2v) is 9.18. The van der Waals surface area contributed by atoms with E-state index in [4.69, 9.17) is 4.74 Å². The van der Waals surface area contributed by atoms with Crippen molar-refractivity contribution in [3.05, 3.63) is 61.5 Å². The molecule has 0 bridgehead atoms. The molecule has 2 aromatic rings. The first kappa shape index (κ1) is 20.5. The summed E-state index contributed by atoms with van der Waals surface area (Å²) in [6.07, 6.45) is 1.76. The molecule has 0 aliphatic carbocycles. The van der Waals surface area contributed by atoms with Crippen molar-refractivity contribution in [1.29, 1.82) is 0 Å². The van der Waals surface area contributed by atoms with Gasteiger partial charge in [-0.1, -0.05) is 32.0 Å². The molecule has 1 aliphatic heterocycles. The van der Waals surface area contributed by atoms with Gasteiger partial charge in [-0.25, -0.2) is 0 Å². The van der Waals surface area contributed by atoms with Gasteiger partial charge >= 0.3 is 7.60 Å². The molecule has 0 fully saturated rings. The molecule has 0 atom stereocenters. The lowest BCUT2D eigenvalue weighted by atomic mass is 9.83. The maximum absolute atomic E-state index is 12.1. The number of allylic oxidation sites excluding steroid dienone is 1. The Bertz CT molecular complexity index is 1040. The zero-order valence-electron chi connectivity index (χ0n) is 16.1. The smallest absolute Gasteiger partial charge is 0.325 e. The van der Waals surface area contributed by atoms with Crippen molar-refractivity contribution in [1.82, 2.24) is 0 Å². The Morgan fingerprint density at radius 2 is 1.86 bits per heavy atom. The number of rotatable bonds is 7. The van der Waals surface area contributed by atoms with Crippen LogP contribution in [0, 0.1) is 0 Å². The van der Waals surface area contributed by atoms with E-state index in [2.05, 4.69) is 0 Å². The summed E-state index contributed by atoms with van der Waals surface area (Å²) in [7, 11) is -4.09. The summed E-state index contributed by atoms with van der Waals surface area (Å²) in [5.41, 5.74) is 1.40. The zero-order valence-corrected chi connectivity index (χ0v) is 17.0. The van der Waals surface area contributed by atoms with Crippen LogP contribution >= 0.6 is 7.60 Å². The van der Waals surface area contributed by atoms with E-state index < -0.39 is 23.9 Å². The number of benzene rings is 1. The van der Waals surface area contributed by atoms with Crippen LogP contribution in [0.4, 0.5) is 5.69 Å². The SMILES string of the molecule is CCOc1c(/C=C2/N(CCCP(=O)(O)O)c3ccccc3C2(C)C)c(=O)c1=O. The molecule has 8 heteroatoms. The molecule has 2 N–H and O–H groups in total. The lowest BCUT2D eigenvalue weighted by molar-refractivity contribution is 0.332. The van der Waals surface area contributed by atoms with E-state index in [-0.39, 0.29) is 30.5 Å². The average Bonchev–Trinajstić information content (AvgIpc) is 2.84. The molecule has 0 saturated carbocycles. The highest BCUT2D eigenvalue weighted by molar-refractivity contribution is 7.51. The number of hydrogen-bond donors (Lipinski definition) is 2. The molecule has 1 heterocycles. The second kappa shape index (κ2) is 7.32. The lowest BCUT2D eigenvalue weighted by Crippen LogP contribution is -2.36. The lowest BCUT2D eigenvalue weighted by Gasteiger charge is -2.28. The molecule has 0 spiro atoms. The molecular formula is C20H24NO6P. The standard InChI is InChI=1S/C20H24NO6P/c1-4-27-19-13(17(22)18(19)23)12-16-20(2,3)14-8-5-6-9-15(14)21(16)10-7-11-28(24,25)26/h5-6,8-9,12H,4,7,10-11H2,1-3H3,(H2,24,25,26)/b16-12+. The highest BCUT2D eigenvalue weighted by Gasteiger charge is 2.40. The van der Waals surface area contributed by atoms with E-state index >= 15 is 0 Å². The van der Waals surface area contributed by atoms with Crippen LogP contribution in [0.25, 0.3) is 6.08 Å². The van der Waals surface area contributed by atoms with Crippen molar-refractivity contribution in [2.24, 2.45) is 0 Å². The molecule has 1 aliphatic rings. The second-order valence-electron chi connectivity index (χ2n) is 7.40. The molecule has 0 amide bonds. The van der Waals surface area contributed by atoms with Gasteiger partial charge in [0.2, 0.25) is 5.43 Å². The summed E-state index contributed by atoms with van der Waals surface area (Å²) in [6.45, 7) is 6.46. The number of ether oxygens (including phenoxy) is 1. The fourth-order valence-electron chi connectivity index (χ4n) is 3.72.